The van der Waals surface area contributed by atoms with Crippen molar-refractivity contribution in [3.05, 3.63) is 0 Å². The zero-order chi connectivity index (χ0) is 14.3. The Kier molecular flexibility index (Phi) is 7.38. The van der Waals surface area contributed by atoms with Crippen molar-refractivity contribution < 1.29 is 0 Å². The van der Waals surface area contributed by atoms with Gasteiger partial charge >= 0.3 is 0 Å². The van der Waals surface area contributed by atoms with E-state index >= 15 is 0 Å². The molecule has 0 bridgehead atoms. The lowest BCUT2D eigenvalue weighted by molar-refractivity contribution is 0.0904. The largest absolute Gasteiger partial charge is 0.316 e. The minimum Gasteiger partial charge on any atom is -0.316 e. The lowest BCUT2D eigenvalue weighted by Crippen LogP contribution is -2.46. The van der Waals surface area contributed by atoms with E-state index in [4.69, 9.17) is 0 Å². The van der Waals surface area contributed by atoms with Gasteiger partial charge in [-0.1, -0.05) is 40.5 Å². The fourth-order valence-electron chi connectivity index (χ4n) is 3.65. The Morgan fingerprint density at radius 2 is 2.11 bits per heavy atom. The highest BCUT2D eigenvalue weighted by atomic mass is 15.1. The van der Waals surface area contributed by atoms with Crippen LogP contribution in [0.2, 0.25) is 0 Å². The molecule has 0 amide bonds. The van der Waals surface area contributed by atoms with Crippen molar-refractivity contribution >= 4 is 0 Å². The molecule has 0 spiro atoms. The van der Waals surface area contributed by atoms with Crippen LogP contribution in [0.3, 0.4) is 0 Å². The van der Waals surface area contributed by atoms with Crippen LogP contribution >= 0.6 is 0 Å². The molecule has 1 N–H and O–H groups in total. The summed E-state index contributed by atoms with van der Waals surface area (Å²) in [5.74, 6) is 1.73. The van der Waals surface area contributed by atoms with Crippen LogP contribution in [0, 0.1) is 17.3 Å². The topological polar surface area (TPSA) is 15.3 Å². The van der Waals surface area contributed by atoms with Gasteiger partial charge in [-0.05, 0) is 56.7 Å². The second-order valence-corrected chi connectivity index (χ2v) is 7.40. The van der Waals surface area contributed by atoms with Gasteiger partial charge in [0.1, 0.15) is 0 Å². The monoisotopic (exact) mass is 268 g/mol. The van der Waals surface area contributed by atoms with Crippen LogP contribution in [-0.4, -0.2) is 38.1 Å². The summed E-state index contributed by atoms with van der Waals surface area (Å²) >= 11 is 0. The first kappa shape index (κ1) is 17.0. The van der Waals surface area contributed by atoms with Crippen molar-refractivity contribution in [2.75, 3.05) is 33.2 Å². The van der Waals surface area contributed by atoms with E-state index in [0.29, 0.717) is 5.41 Å². The molecule has 1 aliphatic rings. The minimum absolute atomic E-state index is 0.527. The fraction of sp³-hybridized carbons (Fsp3) is 1.00. The van der Waals surface area contributed by atoms with Crippen LogP contribution in [0.15, 0.2) is 0 Å². The summed E-state index contributed by atoms with van der Waals surface area (Å²) in [4.78, 5) is 2.58. The lowest BCUT2D eigenvalue weighted by atomic mass is 9.69. The van der Waals surface area contributed by atoms with E-state index in [9.17, 15) is 0 Å². The van der Waals surface area contributed by atoms with Gasteiger partial charge in [-0.2, -0.15) is 0 Å². The number of nitrogens with zero attached hydrogens (tertiary/aromatic N) is 1. The summed E-state index contributed by atoms with van der Waals surface area (Å²) in [6.45, 7) is 14.1. The van der Waals surface area contributed by atoms with Crippen LogP contribution < -0.4 is 5.32 Å². The Bertz CT molecular complexity index is 239. The molecule has 114 valence electrons. The van der Waals surface area contributed by atoms with Gasteiger partial charge in [-0.25, -0.2) is 0 Å². The van der Waals surface area contributed by atoms with E-state index in [-0.39, 0.29) is 0 Å². The highest BCUT2D eigenvalue weighted by Crippen LogP contribution is 2.39. The first-order valence-corrected chi connectivity index (χ1v) is 8.36. The third-order valence-corrected chi connectivity index (χ3v) is 4.63. The second-order valence-electron chi connectivity index (χ2n) is 7.40. The number of hydrogen-bond donors (Lipinski definition) is 1. The van der Waals surface area contributed by atoms with Gasteiger partial charge in [0.05, 0.1) is 0 Å². The van der Waals surface area contributed by atoms with Crippen molar-refractivity contribution in [2.24, 2.45) is 17.3 Å². The maximum atomic E-state index is 3.62. The molecule has 0 aromatic heterocycles. The molecule has 0 radical (unpaired) electrons. The van der Waals surface area contributed by atoms with Crippen LogP contribution in [0.5, 0.6) is 0 Å². The summed E-state index contributed by atoms with van der Waals surface area (Å²) in [5, 5.41) is 3.62. The maximum absolute atomic E-state index is 3.62. The highest BCUT2D eigenvalue weighted by molar-refractivity contribution is 4.89. The molecule has 2 heteroatoms. The Hall–Kier alpha value is -0.0800. The first-order valence-electron chi connectivity index (χ1n) is 8.36. The average molecular weight is 268 g/mol. The molecule has 0 heterocycles. The van der Waals surface area contributed by atoms with E-state index < -0.39 is 0 Å². The molecule has 1 rings (SSSR count). The van der Waals surface area contributed by atoms with E-state index in [1.54, 1.807) is 0 Å². The number of nitrogens with one attached hydrogen (secondary N) is 1. The zero-order valence-corrected chi connectivity index (χ0v) is 14.0. The molecule has 19 heavy (non-hydrogen) atoms. The molecule has 2 atom stereocenters. The minimum atomic E-state index is 0.527. The van der Waals surface area contributed by atoms with Gasteiger partial charge in [0.25, 0.3) is 0 Å². The SMILES string of the molecule is CCNCC1(CN(C)CCC(C)C)CCCC(C)C1. The van der Waals surface area contributed by atoms with Gasteiger partial charge in [-0.15, -0.1) is 0 Å². The third kappa shape index (κ3) is 6.27. The van der Waals surface area contributed by atoms with E-state index in [2.05, 4.69) is 45.0 Å². The van der Waals surface area contributed by atoms with Crippen molar-refractivity contribution in [3.63, 3.8) is 0 Å². The first-order chi connectivity index (χ1) is 8.97. The van der Waals surface area contributed by atoms with Gasteiger partial charge in [0.15, 0.2) is 0 Å². The Labute approximate surface area is 121 Å². The number of rotatable bonds is 8. The molecule has 0 aliphatic heterocycles. The van der Waals surface area contributed by atoms with Crippen LogP contribution in [0.1, 0.15) is 59.8 Å². The summed E-state index contributed by atoms with van der Waals surface area (Å²) in [6.07, 6.45) is 7.00. The zero-order valence-electron chi connectivity index (χ0n) is 14.0. The summed E-state index contributed by atoms with van der Waals surface area (Å²) < 4.78 is 0. The van der Waals surface area contributed by atoms with Crippen LogP contribution in [0.4, 0.5) is 0 Å². The van der Waals surface area contributed by atoms with Gasteiger partial charge < -0.3 is 10.2 Å². The molecule has 0 aromatic rings. The number of hydrogen-bond acceptors (Lipinski definition) is 2. The van der Waals surface area contributed by atoms with Crippen molar-refractivity contribution in [1.29, 1.82) is 0 Å². The molecule has 1 aliphatic carbocycles. The Morgan fingerprint density at radius 1 is 1.37 bits per heavy atom. The normalized spacial score (nSPS) is 28.3. The predicted octanol–water partition coefficient (Wildman–Crippen LogP) is 3.77. The molecule has 1 saturated carbocycles. The van der Waals surface area contributed by atoms with Crippen molar-refractivity contribution in [2.45, 2.75) is 59.8 Å². The standard InChI is InChI=1S/C17H36N2/c1-6-18-13-17(10-7-8-16(4)12-17)14-19(5)11-9-15(2)3/h15-16,18H,6-14H2,1-5H3. The second kappa shape index (κ2) is 8.26. The fourth-order valence-corrected chi connectivity index (χ4v) is 3.65. The molecule has 1 fully saturated rings. The van der Waals surface area contributed by atoms with E-state index in [0.717, 1.165) is 18.4 Å². The third-order valence-electron chi connectivity index (χ3n) is 4.63. The summed E-state index contributed by atoms with van der Waals surface area (Å²) in [6, 6.07) is 0. The molecule has 0 saturated heterocycles. The van der Waals surface area contributed by atoms with Gasteiger partial charge in [-0.3, -0.25) is 0 Å². The Morgan fingerprint density at radius 3 is 2.68 bits per heavy atom. The van der Waals surface area contributed by atoms with Crippen molar-refractivity contribution in [3.8, 4) is 0 Å². The van der Waals surface area contributed by atoms with Gasteiger partial charge in [0.2, 0.25) is 0 Å². The van der Waals surface area contributed by atoms with Crippen LogP contribution in [-0.2, 0) is 0 Å². The van der Waals surface area contributed by atoms with E-state index in [1.165, 1.54) is 51.7 Å². The smallest absolute Gasteiger partial charge is 0.00472 e. The molecular formula is C17H36N2. The summed E-state index contributed by atoms with van der Waals surface area (Å²) in [7, 11) is 2.31. The summed E-state index contributed by atoms with van der Waals surface area (Å²) in [5.41, 5.74) is 0.527. The molecular weight excluding hydrogens is 232 g/mol. The lowest BCUT2D eigenvalue weighted by Gasteiger charge is -2.43. The maximum Gasteiger partial charge on any atom is 0.00472 e. The van der Waals surface area contributed by atoms with Crippen molar-refractivity contribution in [1.82, 2.24) is 10.2 Å². The highest BCUT2D eigenvalue weighted by Gasteiger charge is 2.35. The quantitative estimate of drug-likeness (QED) is 0.721. The molecule has 0 aromatic carbocycles. The average Bonchev–Trinajstić information content (AvgIpc) is 2.34. The van der Waals surface area contributed by atoms with Crippen LogP contribution in [0.25, 0.3) is 0 Å². The van der Waals surface area contributed by atoms with Gasteiger partial charge in [0, 0.05) is 13.1 Å². The predicted molar refractivity (Wildman–Crippen MR) is 85.6 cm³/mol. The molecule has 2 nitrogen and oxygen atoms in total. The Balaban J connectivity index is 2.52. The molecule has 2 unspecified atom stereocenters. The van der Waals surface area contributed by atoms with E-state index in [1.807, 2.05) is 0 Å².